The Bertz CT molecular complexity index is 3330. The van der Waals surface area contributed by atoms with Crippen molar-refractivity contribution < 1.29 is 0 Å². The van der Waals surface area contributed by atoms with Crippen LogP contribution in [0, 0.1) is 0 Å². The normalized spacial score (nSPS) is 13.0. The summed E-state index contributed by atoms with van der Waals surface area (Å²) >= 11 is 0. The molecule has 10 aromatic carbocycles. The van der Waals surface area contributed by atoms with E-state index < -0.39 is 5.41 Å². The van der Waals surface area contributed by atoms with Crippen LogP contribution in [0.2, 0.25) is 0 Å². The van der Waals surface area contributed by atoms with Gasteiger partial charge in [-0.25, -0.2) is 0 Å². The average Bonchev–Trinajstić information content (AvgIpc) is 3.86. The third-order valence-corrected chi connectivity index (χ3v) is 15.3. The molecule has 0 N–H and O–H groups in total. The van der Waals surface area contributed by atoms with Gasteiger partial charge in [-0.15, -0.1) is 0 Å². The molecule has 69 heavy (non-hydrogen) atoms. The van der Waals surface area contributed by atoms with Crippen LogP contribution in [0.25, 0.3) is 43.8 Å². The summed E-state index contributed by atoms with van der Waals surface area (Å²) in [5.74, 6) is 0.571. The van der Waals surface area contributed by atoms with E-state index in [1.165, 1.54) is 88.3 Å². The van der Waals surface area contributed by atoms with Crippen LogP contribution in [-0.4, -0.2) is 0 Å². The quantitative estimate of drug-likeness (QED) is 0.135. The molecule has 2 nitrogen and oxygen atoms in total. The highest BCUT2D eigenvalue weighted by molar-refractivity contribution is 6.11. The molecular formula is C67H58N2. The summed E-state index contributed by atoms with van der Waals surface area (Å²) in [6, 6.07) is 78.3. The molecule has 2 aliphatic carbocycles. The van der Waals surface area contributed by atoms with E-state index in [4.69, 9.17) is 0 Å². The highest BCUT2D eigenvalue weighted by Crippen LogP contribution is 2.66. The first-order valence-corrected chi connectivity index (χ1v) is 25.1. The zero-order valence-corrected chi connectivity index (χ0v) is 40.6. The lowest BCUT2D eigenvalue weighted by Crippen LogP contribution is -2.27. The fraction of sp³-hybridized carbons (Fsp3) is 0.164. The summed E-state index contributed by atoms with van der Waals surface area (Å²) in [5, 5.41) is 5.26. The standard InChI is InChI=1S/C67H58N2/c1-7-45-27-31-49(32-28-45)68(47-19-11-9-12-20-47)51-35-37-55-59(39-51)57(43(3)4)41-61-62-42-58(44(5)6)60-40-52(69(48-21-13-10-14-22-48)50-33-29-46(8-2)30-34-50)36-38-56(60)66(62)67(65(55)61)63-25-17-15-23-53(63)54-24-16-18-26-64(54)67/h9-44H,7-8H2,1-6H3. The number of para-hydroxylation sites is 2. The monoisotopic (exact) mass is 890 g/mol. The summed E-state index contributed by atoms with van der Waals surface area (Å²) in [5.41, 5.74) is 22.6. The van der Waals surface area contributed by atoms with Crippen LogP contribution in [0.3, 0.4) is 0 Å². The predicted octanol–water partition coefficient (Wildman–Crippen LogP) is 18.6. The van der Waals surface area contributed by atoms with Gasteiger partial charge < -0.3 is 9.80 Å². The summed E-state index contributed by atoms with van der Waals surface area (Å²) in [7, 11) is 0. The first kappa shape index (κ1) is 42.7. The molecule has 0 amide bonds. The molecule has 1 spiro atoms. The molecule has 0 atom stereocenters. The summed E-state index contributed by atoms with van der Waals surface area (Å²) in [4.78, 5) is 4.86. The van der Waals surface area contributed by atoms with Crippen LogP contribution >= 0.6 is 0 Å². The Balaban J connectivity index is 1.17. The summed E-state index contributed by atoms with van der Waals surface area (Å²) < 4.78 is 0. The van der Waals surface area contributed by atoms with Crippen LogP contribution in [0.5, 0.6) is 0 Å². The molecule has 2 heteroatoms. The van der Waals surface area contributed by atoms with Crippen molar-refractivity contribution in [2.24, 2.45) is 0 Å². The van der Waals surface area contributed by atoms with Crippen molar-refractivity contribution in [1.82, 2.24) is 0 Å². The number of aryl methyl sites for hydroxylation is 2. The number of rotatable bonds is 10. The molecular weight excluding hydrogens is 833 g/mol. The molecule has 336 valence electrons. The third kappa shape index (κ3) is 6.60. The molecule has 0 unspecified atom stereocenters. The van der Waals surface area contributed by atoms with Gasteiger partial charge in [0.15, 0.2) is 0 Å². The van der Waals surface area contributed by atoms with Gasteiger partial charge in [0.2, 0.25) is 0 Å². The molecule has 0 radical (unpaired) electrons. The van der Waals surface area contributed by atoms with Gasteiger partial charge in [-0.3, -0.25) is 0 Å². The van der Waals surface area contributed by atoms with Crippen LogP contribution in [0.15, 0.2) is 206 Å². The Hall–Kier alpha value is -7.68. The topological polar surface area (TPSA) is 6.48 Å². The van der Waals surface area contributed by atoms with Crippen molar-refractivity contribution >= 4 is 55.7 Å². The van der Waals surface area contributed by atoms with Crippen LogP contribution in [0.1, 0.15) is 97.9 Å². The van der Waals surface area contributed by atoms with Gasteiger partial charge >= 0.3 is 0 Å². The second-order valence-electron chi connectivity index (χ2n) is 19.8. The zero-order chi connectivity index (χ0) is 47.0. The van der Waals surface area contributed by atoms with Crippen molar-refractivity contribution in [1.29, 1.82) is 0 Å². The van der Waals surface area contributed by atoms with Crippen LogP contribution < -0.4 is 9.80 Å². The maximum absolute atomic E-state index is 2.59. The fourth-order valence-electron chi connectivity index (χ4n) is 12.1. The molecule has 0 aromatic heterocycles. The van der Waals surface area contributed by atoms with E-state index in [1.807, 2.05) is 0 Å². The molecule has 10 aromatic rings. The second kappa shape index (κ2) is 16.8. The van der Waals surface area contributed by atoms with E-state index in [1.54, 1.807) is 0 Å². The van der Waals surface area contributed by atoms with Crippen molar-refractivity contribution in [3.8, 4) is 22.3 Å². The first-order chi connectivity index (χ1) is 33.8. The third-order valence-electron chi connectivity index (χ3n) is 15.3. The maximum Gasteiger partial charge on any atom is 0.0737 e. The van der Waals surface area contributed by atoms with E-state index in [0.717, 1.165) is 47.0 Å². The minimum Gasteiger partial charge on any atom is -0.310 e. The highest BCUT2D eigenvalue weighted by Gasteiger charge is 2.53. The van der Waals surface area contributed by atoms with E-state index in [-0.39, 0.29) is 11.8 Å². The number of anilines is 6. The zero-order valence-electron chi connectivity index (χ0n) is 40.6. The molecule has 0 fully saturated rings. The Morgan fingerprint density at radius 1 is 0.333 bits per heavy atom. The van der Waals surface area contributed by atoms with Gasteiger partial charge in [0.25, 0.3) is 0 Å². The Morgan fingerprint density at radius 3 is 1.06 bits per heavy atom. The van der Waals surface area contributed by atoms with E-state index in [9.17, 15) is 0 Å². The molecule has 0 heterocycles. The fourth-order valence-corrected chi connectivity index (χ4v) is 12.1. The Morgan fingerprint density at radius 2 is 0.681 bits per heavy atom. The minimum atomic E-state index is -0.563. The van der Waals surface area contributed by atoms with Gasteiger partial charge in [0, 0.05) is 34.1 Å². The Labute approximate surface area is 408 Å². The maximum atomic E-state index is 2.59. The summed E-state index contributed by atoms with van der Waals surface area (Å²) in [6.07, 6.45) is 2.02. The number of hydrogen-bond acceptors (Lipinski definition) is 2. The first-order valence-electron chi connectivity index (χ1n) is 25.1. The lowest BCUT2D eigenvalue weighted by molar-refractivity contribution is 0.806. The van der Waals surface area contributed by atoms with Gasteiger partial charge in [0.1, 0.15) is 0 Å². The molecule has 12 rings (SSSR count). The number of benzene rings is 10. The average molecular weight is 891 g/mol. The minimum absolute atomic E-state index is 0.285. The van der Waals surface area contributed by atoms with E-state index >= 15 is 0 Å². The predicted molar refractivity (Wildman–Crippen MR) is 294 cm³/mol. The van der Waals surface area contributed by atoms with Gasteiger partial charge in [-0.05, 0) is 198 Å². The van der Waals surface area contributed by atoms with Crippen LogP contribution in [0.4, 0.5) is 34.1 Å². The van der Waals surface area contributed by atoms with Crippen molar-refractivity contribution in [3.05, 3.63) is 251 Å². The molecule has 2 aliphatic rings. The molecule has 0 aliphatic heterocycles. The SMILES string of the molecule is CCc1ccc(N(c2ccccc2)c2ccc3c4c(cc(C(C)C)c3c2)-c2cc(C(C)C)c3cc(N(c5ccccc5)c5ccc(CC)cc5)ccc3c2C42c3ccccc3-c3ccccc32)cc1. The number of nitrogens with zero attached hydrogens (tertiary/aromatic N) is 2. The molecule has 0 saturated heterocycles. The van der Waals surface area contributed by atoms with Crippen molar-refractivity contribution in [2.45, 2.75) is 71.6 Å². The van der Waals surface area contributed by atoms with Crippen LogP contribution in [-0.2, 0) is 18.3 Å². The van der Waals surface area contributed by atoms with Gasteiger partial charge in [0.05, 0.1) is 5.41 Å². The van der Waals surface area contributed by atoms with E-state index in [2.05, 4.69) is 258 Å². The van der Waals surface area contributed by atoms with Crippen molar-refractivity contribution in [2.75, 3.05) is 9.80 Å². The highest BCUT2D eigenvalue weighted by atomic mass is 15.1. The van der Waals surface area contributed by atoms with Gasteiger partial charge in [-0.1, -0.05) is 163 Å². The smallest absolute Gasteiger partial charge is 0.0737 e. The lowest BCUT2D eigenvalue weighted by Gasteiger charge is -2.34. The van der Waals surface area contributed by atoms with Crippen molar-refractivity contribution in [3.63, 3.8) is 0 Å². The summed E-state index contributed by atoms with van der Waals surface area (Å²) in [6.45, 7) is 13.9. The Kier molecular flexibility index (Phi) is 10.4. The largest absolute Gasteiger partial charge is 0.310 e. The van der Waals surface area contributed by atoms with E-state index in [0.29, 0.717) is 0 Å². The number of fused-ring (bicyclic) bond motifs is 14. The molecule has 0 saturated carbocycles. The number of hydrogen-bond donors (Lipinski definition) is 0. The second-order valence-corrected chi connectivity index (χ2v) is 19.8. The van der Waals surface area contributed by atoms with Gasteiger partial charge in [-0.2, -0.15) is 0 Å². The lowest BCUT2D eigenvalue weighted by atomic mass is 9.67. The molecule has 0 bridgehead atoms.